The number of primary amides is 1. The summed E-state index contributed by atoms with van der Waals surface area (Å²) in [7, 11) is 0. The molecule has 0 saturated carbocycles. The molecule has 0 aliphatic rings. The maximum atomic E-state index is 11.6. The van der Waals surface area contributed by atoms with Crippen LogP contribution in [0, 0.1) is 20.8 Å². The molecule has 1 amide bonds. The number of aryl methyl sites for hydroxylation is 3. The maximum Gasteiger partial charge on any atom is 0.248 e. The molecule has 0 atom stereocenters. The summed E-state index contributed by atoms with van der Waals surface area (Å²) in [6.07, 6.45) is 0.912. The highest BCUT2D eigenvalue weighted by Gasteiger charge is 2.14. The van der Waals surface area contributed by atoms with Crippen molar-refractivity contribution in [1.29, 1.82) is 0 Å². The van der Waals surface area contributed by atoms with Crippen molar-refractivity contribution in [3.8, 4) is 11.1 Å². The molecule has 0 aliphatic carbocycles. The van der Waals surface area contributed by atoms with Gasteiger partial charge in [-0.25, -0.2) is 4.31 Å². The predicted molar refractivity (Wildman–Crippen MR) is 152 cm³/mol. The fourth-order valence-electron chi connectivity index (χ4n) is 4.40. The van der Waals surface area contributed by atoms with Crippen LogP contribution in [0.4, 0.5) is 0 Å². The lowest BCUT2D eigenvalue weighted by Crippen LogP contribution is -2.19. The monoisotopic (exact) mass is 514 g/mol. The van der Waals surface area contributed by atoms with Crippen molar-refractivity contribution < 1.29 is 4.79 Å². The summed E-state index contributed by atoms with van der Waals surface area (Å²) >= 11 is 8.05. The number of amides is 1. The zero-order chi connectivity index (χ0) is 25.7. The summed E-state index contributed by atoms with van der Waals surface area (Å²) in [5, 5.41) is 0.771. The quantitative estimate of drug-likeness (QED) is 0.232. The van der Waals surface area contributed by atoms with Gasteiger partial charge in [-0.3, -0.25) is 4.79 Å². The van der Waals surface area contributed by atoms with Crippen LogP contribution >= 0.6 is 23.5 Å². The van der Waals surface area contributed by atoms with Crippen molar-refractivity contribution in [3.05, 3.63) is 123 Å². The van der Waals surface area contributed by atoms with E-state index in [-0.39, 0.29) is 0 Å². The number of halogens is 1. The van der Waals surface area contributed by atoms with Gasteiger partial charge >= 0.3 is 0 Å². The van der Waals surface area contributed by atoms with Crippen molar-refractivity contribution in [1.82, 2.24) is 4.31 Å². The summed E-state index contributed by atoms with van der Waals surface area (Å²) in [5.74, 6) is -0.414. The molecular formula is C31H31ClN2OS. The number of nitrogens with two attached hydrogens (primary N) is 1. The Morgan fingerprint density at radius 3 is 2.19 bits per heavy atom. The lowest BCUT2D eigenvalue weighted by Gasteiger charge is -2.24. The van der Waals surface area contributed by atoms with Gasteiger partial charge in [0.15, 0.2) is 0 Å². The smallest absolute Gasteiger partial charge is 0.248 e. The first-order valence-electron chi connectivity index (χ1n) is 12.0. The SMILES string of the molecule is Cc1cc(C)c(SN(CCc2cccc(Cl)c2)Cc2ccc(-c3cccc(C(N)=O)c3)cc2)c(C)c1. The van der Waals surface area contributed by atoms with Crippen LogP contribution in [0.1, 0.15) is 38.2 Å². The molecule has 3 nitrogen and oxygen atoms in total. The van der Waals surface area contributed by atoms with Gasteiger partial charge in [0.25, 0.3) is 0 Å². The van der Waals surface area contributed by atoms with E-state index >= 15 is 0 Å². The van der Waals surface area contributed by atoms with Gasteiger partial charge < -0.3 is 5.73 Å². The molecule has 4 aromatic rings. The standard InChI is InChI=1S/C31H31ClN2OS/c1-21-16-22(2)30(23(3)17-21)36-34(15-14-24-6-4-9-29(32)18-24)20-25-10-12-26(13-11-25)27-7-5-8-28(19-27)31(33)35/h4-13,16-19H,14-15,20H2,1-3H3,(H2,33,35). The zero-order valence-electron chi connectivity index (χ0n) is 20.9. The van der Waals surface area contributed by atoms with E-state index in [1.54, 1.807) is 6.07 Å². The highest BCUT2D eigenvalue weighted by atomic mass is 35.5. The molecule has 0 aromatic heterocycles. The average Bonchev–Trinajstić information content (AvgIpc) is 2.85. The zero-order valence-corrected chi connectivity index (χ0v) is 22.5. The van der Waals surface area contributed by atoms with Crippen LogP contribution < -0.4 is 5.73 Å². The number of rotatable bonds is 9. The molecule has 4 rings (SSSR count). The Labute approximate surface area is 223 Å². The third kappa shape index (κ3) is 6.79. The Balaban J connectivity index is 1.55. The van der Waals surface area contributed by atoms with E-state index in [4.69, 9.17) is 17.3 Å². The lowest BCUT2D eigenvalue weighted by molar-refractivity contribution is 0.100. The summed E-state index contributed by atoms with van der Waals surface area (Å²) in [4.78, 5) is 12.9. The van der Waals surface area contributed by atoms with Gasteiger partial charge in [-0.2, -0.15) is 0 Å². The van der Waals surface area contributed by atoms with Crippen molar-refractivity contribution in [3.63, 3.8) is 0 Å². The van der Waals surface area contributed by atoms with Gasteiger partial charge in [-0.15, -0.1) is 0 Å². The summed E-state index contributed by atoms with van der Waals surface area (Å²) in [6, 6.07) is 28.6. The van der Waals surface area contributed by atoms with E-state index in [9.17, 15) is 4.79 Å². The number of hydrogen-bond donors (Lipinski definition) is 1. The van der Waals surface area contributed by atoms with E-state index in [1.807, 2.05) is 48.3 Å². The summed E-state index contributed by atoms with van der Waals surface area (Å²) in [5.41, 5.74) is 14.4. The Hall–Kier alpha value is -3.05. The Kier molecular flexibility index (Phi) is 8.52. The first-order valence-corrected chi connectivity index (χ1v) is 13.2. The van der Waals surface area contributed by atoms with E-state index in [0.717, 1.165) is 35.7 Å². The second-order valence-corrected chi connectivity index (χ2v) is 10.7. The molecule has 0 heterocycles. The molecule has 0 radical (unpaired) electrons. The second kappa shape index (κ2) is 11.8. The van der Waals surface area contributed by atoms with Crippen molar-refractivity contribution in [2.45, 2.75) is 38.6 Å². The van der Waals surface area contributed by atoms with Crippen LogP contribution in [0.25, 0.3) is 11.1 Å². The summed E-state index contributed by atoms with van der Waals surface area (Å²) < 4.78 is 2.42. The second-order valence-electron chi connectivity index (χ2n) is 9.20. The maximum absolute atomic E-state index is 11.6. The Morgan fingerprint density at radius 1 is 0.833 bits per heavy atom. The highest BCUT2D eigenvalue weighted by molar-refractivity contribution is 7.97. The van der Waals surface area contributed by atoms with Gasteiger partial charge in [0, 0.05) is 28.6 Å². The molecule has 184 valence electrons. The Bertz CT molecular complexity index is 1340. The highest BCUT2D eigenvalue weighted by Crippen LogP contribution is 2.32. The molecule has 5 heteroatoms. The molecule has 0 spiro atoms. The molecule has 36 heavy (non-hydrogen) atoms. The number of carbonyl (C=O) groups is 1. The fraction of sp³-hybridized carbons (Fsp3) is 0.194. The molecule has 2 N–H and O–H groups in total. The largest absolute Gasteiger partial charge is 0.366 e. The molecule has 0 aliphatic heterocycles. The average molecular weight is 515 g/mol. The number of nitrogens with zero attached hydrogens (tertiary/aromatic N) is 1. The van der Waals surface area contributed by atoms with Gasteiger partial charge in [0.1, 0.15) is 0 Å². The minimum atomic E-state index is -0.414. The van der Waals surface area contributed by atoms with Gasteiger partial charge in [0.2, 0.25) is 5.91 Å². The topological polar surface area (TPSA) is 46.3 Å². The lowest BCUT2D eigenvalue weighted by atomic mass is 10.0. The molecule has 4 aromatic carbocycles. The molecule has 0 fully saturated rings. The normalized spacial score (nSPS) is 11.1. The number of carbonyl (C=O) groups excluding carboxylic acids is 1. The van der Waals surface area contributed by atoms with Crippen molar-refractivity contribution in [2.75, 3.05) is 6.54 Å². The molecule has 0 bridgehead atoms. The van der Waals surface area contributed by atoms with Crippen LogP contribution in [0.5, 0.6) is 0 Å². The predicted octanol–water partition coefficient (Wildman–Crippen LogP) is 7.78. The van der Waals surface area contributed by atoms with E-state index in [2.05, 4.69) is 67.5 Å². The Morgan fingerprint density at radius 2 is 1.53 bits per heavy atom. The van der Waals surface area contributed by atoms with Crippen molar-refractivity contribution >= 4 is 29.5 Å². The minimum absolute atomic E-state index is 0.414. The molecule has 0 unspecified atom stereocenters. The van der Waals surface area contributed by atoms with Gasteiger partial charge in [0.05, 0.1) is 0 Å². The number of hydrogen-bond acceptors (Lipinski definition) is 3. The third-order valence-electron chi connectivity index (χ3n) is 6.16. The van der Waals surface area contributed by atoms with E-state index < -0.39 is 5.91 Å². The van der Waals surface area contributed by atoms with Crippen LogP contribution in [0.15, 0.2) is 89.8 Å². The van der Waals surface area contributed by atoms with Crippen molar-refractivity contribution in [2.24, 2.45) is 5.73 Å². The van der Waals surface area contributed by atoms with Crippen LogP contribution in [0.2, 0.25) is 5.02 Å². The number of benzene rings is 4. The van der Waals surface area contributed by atoms with E-state index in [0.29, 0.717) is 5.56 Å². The van der Waals surface area contributed by atoms with Gasteiger partial charge in [-0.05, 0) is 96.8 Å². The summed E-state index contributed by atoms with van der Waals surface area (Å²) in [6.45, 7) is 8.21. The van der Waals surface area contributed by atoms with Crippen LogP contribution in [-0.4, -0.2) is 16.8 Å². The first kappa shape index (κ1) is 26.0. The third-order valence-corrected chi connectivity index (χ3v) is 7.79. The molecule has 0 saturated heterocycles. The minimum Gasteiger partial charge on any atom is -0.366 e. The first-order chi connectivity index (χ1) is 17.3. The van der Waals surface area contributed by atoms with Gasteiger partial charge in [-0.1, -0.05) is 77.8 Å². The molecular weight excluding hydrogens is 484 g/mol. The fourth-order valence-corrected chi connectivity index (χ4v) is 5.67. The van der Waals surface area contributed by atoms with E-state index in [1.165, 1.54) is 32.7 Å². The van der Waals surface area contributed by atoms with Crippen LogP contribution in [-0.2, 0) is 13.0 Å². The van der Waals surface area contributed by atoms with Crippen LogP contribution in [0.3, 0.4) is 0 Å².